The van der Waals surface area contributed by atoms with Crippen LogP contribution in [-0.2, 0) is 0 Å². The molecule has 0 radical (unpaired) electrons. The highest BCUT2D eigenvalue weighted by Gasteiger charge is 2.08. The number of rotatable bonds is 2. The molecule has 0 fully saturated rings. The van der Waals surface area contributed by atoms with Crippen molar-refractivity contribution in [2.45, 2.75) is 6.92 Å². The third-order valence-corrected chi connectivity index (χ3v) is 6.49. The molecule has 2 rings (SSSR count). The first-order valence-electron chi connectivity index (χ1n) is 4.81. The van der Waals surface area contributed by atoms with E-state index in [1.54, 1.807) is 0 Å². The van der Waals surface area contributed by atoms with Crippen LogP contribution >= 0.6 is 30.2 Å². The molecular weight excluding hydrogens is 239 g/mol. The van der Waals surface area contributed by atoms with Gasteiger partial charge in [0.2, 0.25) is 0 Å². The monoisotopic (exact) mass is 252 g/mol. The largest absolute Gasteiger partial charge is 0.0856 e. The zero-order valence-electron chi connectivity index (χ0n) is 8.78. The van der Waals surface area contributed by atoms with Crippen LogP contribution in [0.4, 0.5) is 0 Å². The second kappa shape index (κ2) is 5.25. The van der Waals surface area contributed by atoms with Crippen molar-refractivity contribution in [2.24, 2.45) is 0 Å². The summed E-state index contributed by atoms with van der Waals surface area (Å²) in [6.45, 7) is 4.35. The van der Waals surface area contributed by atoms with Crippen molar-refractivity contribution in [1.82, 2.24) is 0 Å². The second-order valence-corrected chi connectivity index (χ2v) is 6.96. The van der Waals surface area contributed by atoms with Gasteiger partial charge in [-0.15, -0.1) is 0 Å². The molecule has 1 atom stereocenters. The van der Waals surface area contributed by atoms with Crippen LogP contribution < -0.4 is 0 Å². The van der Waals surface area contributed by atoms with Gasteiger partial charge in [-0.1, -0.05) is 60.0 Å². The van der Waals surface area contributed by atoms with Crippen LogP contribution in [0.1, 0.15) is 11.1 Å². The lowest BCUT2D eigenvalue weighted by Gasteiger charge is -2.12. The van der Waals surface area contributed by atoms with Gasteiger partial charge < -0.3 is 0 Å². The van der Waals surface area contributed by atoms with Gasteiger partial charge in [0.25, 0.3) is 0 Å². The average molecular weight is 252 g/mol. The molecule has 0 nitrogen and oxygen atoms in total. The van der Waals surface area contributed by atoms with Gasteiger partial charge in [0, 0.05) is 9.55 Å². The Hall–Kier alpha value is -0.170. The summed E-state index contributed by atoms with van der Waals surface area (Å²) in [7, 11) is 4.67. The van der Waals surface area contributed by atoms with Crippen LogP contribution in [0.3, 0.4) is 0 Å². The number of aryl methyl sites for hydroxylation is 1. The SMILES string of the molecule is CPC1=CC=C(c2ccc(C)cc2)SS1. The molecule has 0 bridgehead atoms. The minimum atomic E-state index is 0.911. The van der Waals surface area contributed by atoms with Crippen molar-refractivity contribution in [3.05, 3.63) is 52.2 Å². The quantitative estimate of drug-likeness (QED) is 0.543. The molecule has 0 saturated heterocycles. The Bertz CT molecular complexity index is 404. The first-order chi connectivity index (χ1) is 7.29. The van der Waals surface area contributed by atoms with Crippen molar-refractivity contribution in [2.75, 3.05) is 6.66 Å². The van der Waals surface area contributed by atoms with Crippen LogP contribution in [0.15, 0.2) is 41.1 Å². The van der Waals surface area contributed by atoms with Gasteiger partial charge in [-0.2, -0.15) is 0 Å². The molecule has 0 aromatic heterocycles. The molecule has 0 spiro atoms. The smallest absolute Gasteiger partial charge is 0.0259 e. The fourth-order valence-electron chi connectivity index (χ4n) is 1.28. The molecule has 3 heteroatoms. The van der Waals surface area contributed by atoms with Crippen molar-refractivity contribution < 1.29 is 0 Å². The van der Waals surface area contributed by atoms with Crippen LogP contribution in [-0.4, -0.2) is 6.66 Å². The first kappa shape index (κ1) is 11.3. The summed E-state index contributed by atoms with van der Waals surface area (Å²) >= 11 is 0. The maximum Gasteiger partial charge on any atom is 0.0259 e. The highest BCUT2D eigenvalue weighted by Crippen LogP contribution is 2.49. The minimum absolute atomic E-state index is 0.911. The Morgan fingerprint density at radius 2 is 1.73 bits per heavy atom. The van der Waals surface area contributed by atoms with Crippen molar-refractivity contribution in [1.29, 1.82) is 0 Å². The maximum absolute atomic E-state index is 2.24. The molecule has 0 amide bonds. The molecule has 1 aliphatic heterocycles. The third-order valence-electron chi connectivity index (χ3n) is 2.19. The Kier molecular flexibility index (Phi) is 3.96. The van der Waals surface area contributed by atoms with Gasteiger partial charge in [-0.05, 0) is 31.3 Å². The van der Waals surface area contributed by atoms with Gasteiger partial charge in [0.15, 0.2) is 0 Å². The second-order valence-electron chi connectivity index (χ2n) is 3.34. The van der Waals surface area contributed by atoms with Gasteiger partial charge >= 0.3 is 0 Å². The maximum atomic E-state index is 2.24. The molecule has 1 heterocycles. The van der Waals surface area contributed by atoms with E-state index in [4.69, 9.17) is 0 Å². The molecule has 0 aliphatic carbocycles. The lowest BCUT2D eigenvalue weighted by Crippen LogP contribution is -1.82. The van der Waals surface area contributed by atoms with Gasteiger partial charge in [0.05, 0.1) is 0 Å². The molecule has 1 unspecified atom stereocenters. The van der Waals surface area contributed by atoms with Crippen molar-refractivity contribution >= 4 is 35.1 Å². The zero-order valence-corrected chi connectivity index (χ0v) is 11.4. The lowest BCUT2D eigenvalue weighted by molar-refractivity contribution is 1.46. The van der Waals surface area contributed by atoms with E-state index in [1.807, 2.05) is 21.6 Å². The van der Waals surface area contributed by atoms with Crippen LogP contribution in [0.5, 0.6) is 0 Å². The summed E-state index contributed by atoms with van der Waals surface area (Å²) in [6, 6.07) is 8.73. The zero-order chi connectivity index (χ0) is 10.7. The number of allylic oxidation sites excluding steroid dienone is 2. The standard InChI is InChI=1S/C12H13PS2/c1-9-3-5-10(6-4-9)11-7-8-12(13-2)15-14-11/h3-8,13H,1-2H3. The Morgan fingerprint density at radius 3 is 2.27 bits per heavy atom. The van der Waals surface area contributed by atoms with Gasteiger partial charge in [0.1, 0.15) is 0 Å². The molecule has 1 aromatic rings. The Morgan fingerprint density at radius 1 is 1.00 bits per heavy atom. The molecule has 78 valence electrons. The highest BCUT2D eigenvalue weighted by atomic mass is 33.1. The molecule has 1 aliphatic rings. The molecular formula is C12H13PS2. The highest BCUT2D eigenvalue weighted by molar-refractivity contribution is 8.82. The normalized spacial score (nSPS) is 16.7. The summed E-state index contributed by atoms with van der Waals surface area (Å²) in [4.78, 5) is 1.36. The Balaban J connectivity index is 2.22. The summed E-state index contributed by atoms with van der Waals surface area (Å²) in [5, 5.41) is 0. The summed E-state index contributed by atoms with van der Waals surface area (Å²) in [6.07, 6.45) is 4.48. The van der Waals surface area contributed by atoms with Crippen molar-refractivity contribution in [3.63, 3.8) is 0 Å². The van der Waals surface area contributed by atoms with Crippen LogP contribution in [0, 0.1) is 6.92 Å². The van der Waals surface area contributed by atoms with E-state index in [9.17, 15) is 0 Å². The fourth-order valence-corrected chi connectivity index (χ4v) is 4.81. The predicted molar refractivity (Wildman–Crippen MR) is 76.7 cm³/mol. The summed E-state index contributed by atoms with van der Waals surface area (Å²) in [5.74, 6) is 0. The molecule has 0 N–H and O–H groups in total. The van der Waals surface area contributed by atoms with Gasteiger partial charge in [-0.25, -0.2) is 0 Å². The number of hydrogen-bond acceptors (Lipinski definition) is 2. The Labute approximate surface area is 101 Å². The summed E-state index contributed by atoms with van der Waals surface area (Å²) in [5.41, 5.74) is 2.65. The van der Waals surface area contributed by atoms with Crippen LogP contribution in [0.25, 0.3) is 4.91 Å². The topological polar surface area (TPSA) is 0 Å². The molecule has 0 saturated carbocycles. The number of benzene rings is 1. The number of hydrogen-bond donors (Lipinski definition) is 0. The van der Waals surface area contributed by atoms with E-state index in [0.29, 0.717) is 0 Å². The van der Waals surface area contributed by atoms with E-state index in [1.165, 1.54) is 20.7 Å². The van der Waals surface area contributed by atoms with E-state index in [0.717, 1.165) is 8.58 Å². The molecule has 1 aromatic carbocycles. The molecule has 15 heavy (non-hydrogen) atoms. The third kappa shape index (κ3) is 2.90. The van der Waals surface area contributed by atoms with E-state index in [-0.39, 0.29) is 0 Å². The fraction of sp³-hybridized carbons (Fsp3) is 0.167. The van der Waals surface area contributed by atoms with E-state index >= 15 is 0 Å². The average Bonchev–Trinajstić information content (AvgIpc) is 2.30. The predicted octanol–water partition coefficient (Wildman–Crippen LogP) is 4.88. The first-order valence-corrected chi connectivity index (χ1v) is 8.46. The van der Waals surface area contributed by atoms with Crippen LogP contribution in [0.2, 0.25) is 0 Å². The van der Waals surface area contributed by atoms with E-state index in [2.05, 4.69) is 50.0 Å². The van der Waals surface area contributed by atoms with E-state index < -0.39 is 0 Å². The van der Waals surface area contributed by atoms with Crippen molar-refractivity contribution in [3.8, 4) is 0 Å². The summed E-state index contributed by atoms with van der Waals surface area (Å²) < 4.78 is 1.48. The van der Waals surface area contributed by atoms with Gasteiger partial charge in [-0.3, -0.25) is 0 Å². The lowest BCUT2D eigenvalue weighted by atomic mass is 10.1. The minimum Gasteiger partial charge on any atom is -0.0856 e.